The van der Waals surface area contributed by atoms with Gasteiger partial charge in [-0.2, -0.15) is 0 Å². The summed E-state index contributed by atoms with van der Waals surface area (Å²) in [5.74, 6) is 0.817. The molecule has 0 saturated heterocycles. The number of nitrogens with zero attached hydrogens (tertiary/aromatic N) is 1. The van der Waals surface area contributed by atoms with Crippen molar-refractivity contribution in [2.24, 2.45) is 4.99 Å². The molecule has 0 fully saturated rings. The van der Waals surface area contributed by atoms with Gasteiger partial charge in [0.25, 0.3) is 0 Å². The average molecular weight is 553 g/mol. The Morgan fingerprint density at radius 2 is 2.08 bits per heavy atom. The minimum absolute atomic E-state index is 0. The molecule has 0 spiro atoms. The molecular weight excluding hydrogens is 529 g/mol. The highest BCUT2D eigenvalue weighted by molar-refractivity contribution is 14.0. The topological polar surface area (TPSA) is 70.6 Å². The molecule has 138 valence electrons. The number of aliphatic imine (C=N–C) groups is 1. The van der Waals surface area contributed by atoms with E-state index in [1.54, 1.807) is 7.05 Å². The number of hydrogen-bond acceptors (Lipinski definition) is 3. The van der Waals surface area contributed by atoms with E-state index < -0.39 is 9.84 Å². The van der Waals surface area contributed by atoms with Gasteiger partial charge in [-0.1, -0.05) is 27.5 Å². The summed E-state index contributed by atoms with van der Waals surface area (Å²) < 4.78 is 23.4. The van der Waals surface area contributed by atoms with Crippen molar-refractivity contribution in [2.45, 2.75) is 25.8 Å². The first kappa shape index (κ1) is 23.9. The molecule has 2 N–H and O–H groups in total. The Morgan fingerprint density at radius 3 is 2.67 bits per heavy atom. The fourth-order valence-electron chi connectivity index (χ4n) is 1.94. The molecule has 0 radical (unpaired) electrons. The van der Waals surface area contributed by atoms with Crippen LogP contribution in [0.1, 0.15) is 18.9 Å². The number of nitrogens with one attached hydrogen (secondary N) is 2. The van der Waals surface area contributed by atoms with Crippen molar-refractivity contribution in [1.82, 2.24) is 10.6 Å². The smallest absolute Gasteiger partial charge is 0.191 e. The first-order valence-electron chi connectivity index (χ1n) is 7.30. The number of sulfone groups is 1. The van der Waals surface area contributed by atoms with Crippen LogP contribution in [0.2, 0.25) is 5.02 Å². The van der Waals surface area contributed by atoms with E-state index in [4.69, 9.17) is 11.6 Å². The molecule has 1 rings (SSSR count). The molecule has 0 aliphatic rings. The number of benzene rings is 1. The van der Waals surface area contributed by atoms with Crippen molar-refractivity contribution in [1.29, 1.82) is 0 Å². The van der Waals surface area contributed by atoms with E-state index in [-0.39, 0.29) is 35.8 Å². The highest BCUT2D eigenvalue weighted by atomic mass is 127. The van der Waals surface area contributed by atoms with Gasteiger partial charge in [0.1, 0.15) is 9.84 Å². The fourth-order valence-corrected chi connectivity index (χ4v) is 3.36. The van der Waals surface area contributed by atoms with Gasteiger partial charge in [0.2, 0.25) is 0 Å². The van der Waals surface area contributed by atoms with E-state index in [0.29, 0.717) is 23.9 Å². The summed E-state index contributed by atoms with van der Waals surface area (Å²) in [6, 6.07) is 5.72. The van der Waals surface area contributed by atoms with Gasteiger partial charge >= 0.3 is 0 Å². The van der Waals surface area contributed by atoms with E-state index in [1.807, 2.05) is 25.1 Å². The second kappa shape index (κ2) is 11.5. The molecule has 5 nitrogen and oxygen atoms in total. The maximum absolute atomic E-state index is 11.2. The summed E-state index contributed by atoms with van der Waals surface area (Å²) in [5.41, 5.74) is 1.12. The van der Waals surface area contributed by atoms with E-state index in [0.717, 1.165) is 16.5 Å². The van der Waals surface area contributed by atoms with Gasteiger partial charge in [-0.05, 0) is 43.5 Å². The lowest BCUT2D eigenvalue weighted by Crippen LogP contribution is -2.43. The lowest BCUT2D eigenvalue weighted by atomic mass is 10.1. The molecule has 9 heteroatoms. The zero-order valence-corrected chi connectivity index (χ0v) is 19.5. The van der Waals surface area contributed by atoms with Gasteiger partial charge in [0, 0.05) is 35.4 Å². The zero-order chi connectivity index (χ0) is 17.5. The van der Waals surface area contributed by atoms with Crippen LogP contribution < -0.4 is 10.6 Å². The van der Waals surface area contributed by atoms with Gasteiger partial charge in [0.15, 0.2) is 5.96 Å². The highest BCUT2D eigenvalue weighted by Gasteiger charge is 2.09. The minimum atomic E-state index is -2.94. The molecular formula is C15H24BrClIN3O2S. The molecule has 1 unspecified atom stereocenters. The van der Waals surface area contributed by atoms with Gasteiger partial charge in [-0.15, -0.1) is 24.0 Å². The lowest BCUT2D eigenvalue weighted by Gasteiger charge is -2.17. The molecule has 0 amide bonds. The van der Waals surface area contributed by atoms with E-state index in [9.17, 15) is 8.42 Å². The number of rotatable bonds is 7. The monoisotopic (exact) mass is 551 g/mol. The third-order valence-electron chi connectivity index (χ3n) is 3.22. The van der Waals surface area contributed by atoms with Crippen LogP contribution in [0.15, 0.2) is 27.7 Å². The second-order valence-electron chi connectivity index (χ2n) is 5.45. The second-order valence-corrected chi connectivity index (χ2v) is 9.00. The highest BCUT2D eigenvalue weighted by Crippen LogP contribution is 2.21. The van der Waals surface area contributed by atoms with Gasteiger partial charge in [0.05, 0.1) is 5.75 Å². The zero-order valence-electron chi connectivity index (χ0n) is 14.0. The molecule has 0 saturated carbocycles. The third-order valence-corrected chi connectivity index (χ3v) is 5.21. The van der Waals surface area contributed by atoms with Crippen LogP contribution >= 0.6 is 51.5 Å². The minimum Gasteiger partial charge on any atom is -0.356 e. The summed E-state index contributed by atoms with van der Waals surface area (Å²) in [5, 5.41) is 7.11. The predicted molar refractivity (Wildman–Crippen MR) is 117 cm³/mol. The van der Waals surface area contributed by atoms with Crippen LogP contribution in [0, 0.1) is 0 Å². The molecule has 0 aromatic heterocycles. The largest absolute Gasteiger partial charge is 0.356 e. The van der Waals surface area contributed by atoms with Crippen molar-refractivity contribution in [2.75, 3.05) is 25.6 Å². The van der Waals surface area contributed by atoms with Crippen LogP contribution in [0.4, 0.5) is 0 Å². The Labute approximate surface area is 175 Å². The molecule has 0 aliphatic carbocycles. The number of hydrogen-bond donors (Lipinski definition) is 2. The molecule has 0 bridgehead atoms. The van der Waals surface area contributed by atoms with Crippen LogP contribution in [0.5, 0.6) is 0 Å². The Kier molecular flexibility index (Phi) is 11.5. The Hall–Kier alpha value is -0.0600. The first-order valence-corrected chi connectivity index (χ1v) is 10.5. The number of halogens is 3. The van der Waals surface area contributed by atoms with Gasteiger partial charge < -0.3 is 10.6 Å². The summed E-state index contributed by atoms with van der Waals surface area (Å²) in [6.07, 6.45) is 2.58. The molecule has 0 aliphatic heterocycles. The first-order chi connectivity index (χ1) is 10.7. The standard InChI is InChI=1S/C15H23BrClN3O2S.HI/c1-11(7-9-23(3,21)22)20-15(18-2)19-8-6-12-10-13(17)4-5-14(12)16;/h4-5,10-11H,6-9H2,1-3H3,(H2,18,19,20);1H. The number of guanidine groups is 1. The van der Waals surface area contributed by atoms with Crippen molar-refractivity contribution >= 4 is 67.3 Å². The fraction of sp³-hybridized carbons (Fsp3) is 0.533. The predicted octanol–water partition coefficient (Wildman–Crippen LogP) is 3.25. The summed E-state index contributed by atoms with van der Waals surface area (Å²) >= 11 is 9.50. The third kappa shape index (κ3) is 10.0. The van der Waals surface area contributed by atoms with Gasteiger partial charge in [-0.25, -0.2) is 8.42 Å². The van der Waals surface area contributed by atoms with E-state index >= 15 is 0 Å². The van der Waals surface area contributed by atoms with Crippen molar-refractivity contribution in [3.05, 3.63) is 33.3 Å². The van der Waals surface area contributed by atoms with Crippen molar-refractivity contribution in [3.63, 3.8) is 0 Å². The maximum atomic E-state index is 11.2. The Morgan fingerprint density at radius 1 is 1.42 bits per heavy atom. The normalized spacial score (nSPS) is 13.1. The molecule has 1 aromatic rings. The van der Waals surface area contributed by atoms with Crippen molar-refractivity contribution < 1.29 is 8.42 Å². The molecule has 0 heterocycles. The van der Waals surface area contributed by atoms with Crippen molar-refractivity contribution in [3.8, 4) is 0 Å². The quantitative estimate of drug-likeness (QED) is 0.310. The maximum Gasteiger partial charge on any atom is 0.191 e. The summed E-state index contributed by atoms with van der Waals surface area (Å²) in [6.45, 7) is 2.63. The van der Waals surface area contributed by atoms with Crippen LogP contribution in [0.3, 0.4) is 0 Å². The average Bonchev–Trinajstić information content (AvgIpc) is 2.47. The lowest BCUT2D eigenvalue weighted by molar-refractivity contribution is 0.581. The van der Waals surface area contributed by atoms with Crippen LogP contribution in [-0.4, -0.2) is 46.0 Å². The van der Waals surface area contributed by atoms with E-state index in [1.165, 1.54) is 6.26 Å². The Bertz CT molecular complexity index is 656. The SMILES string of the molecule is CN=C(NCCc1cc(Cl)ccc1Br)NC(C)CCS(C)(=O)=O.I. The van der Waals surface area contributed by atoms with Crippen LogP contribution in [0.25, 0.3) is 0 Å². The molecule has 1 aromatic carbocycles. The Balaban J connectivity index is 0.00000529. The molecule has 24 heavy (non-hydrogen) atoms. The summed E-state index contributed by atoms with van der Waals surface area (Å²) in [7, 11) is -1.25. The van der Waals surface area contributed by atoms with E-state index in [2.05, 4.69) is 31.6 Å². The summed E-state index contributed by atoms with van der Waals surface area (Å²) in [4.78, 5) is 4.15. The van der Waals surface area contributed by atoms with Crippen LogP contribution in [-0.2, 0) is 16.3 Å². The molecule has 1 atom stereocenters. The van der Waals surface area contributed by atoms with Gasteiger partial charge in [-0.3, -0.25) is 4.99 Å².